The van der Waals surface area contributed by atoms with E-state index in [1.54, 1.807) is 0 Å². The lowest BCUT2D eigenvalue weighted by Crippen LogP contribution is -2.52. The van der Waals surface area contributed by atoms with Gasteiger partial charge in [-0.05, 0) is 49.1 Å². The van der Waals surface area contributed by atoms with Gasteiger partial charge < -0.3 is 5.32 Å². The largest absolute Gasteiger partial charge is 0.316 e. The molecular weight excluding hydrogens is 206 g/mol. The molecule has 1 heteroatoms. The van der Waals surface area contributed by atoms with E-state index in [9.17, 15) is 0 Å². The number of nitrogens with one attached hydrogen (secondary N) is 1. The molecule has 0 radical (unpaired) electrons. The normalized spacial score (nSPS) is 44.3. The summed E-state index contributed by atoms with van der Waals surface area (Å²) in [7, 11) is 0. The molecular formula is C16H29N. The molecule has 1 heterocycles. The molecule has 3 unspecified atom stereocenters. The summed E-state index contributed by atoms with van der Waals surface area (Å²) in [5, 5.41) is 3.70. The number of hydrogen-bond acceptors (Lipinski definition) is 1. The Bertz CT molecular complexity index is 250. The molecule has 0 bridgehead atoms. The summed E-state index contributed by atoms with van der Waals surface area (Å²) in [6.45, 7) is 5.18. The van der Waals surface area contributed by atoms with Crippen LogP contribution in [0.2, 0.25) is 0 Å². The molecule has 1 nitrogen and oxygen atoms in total. The lowest BCUT2D eigenvalue weighted by atomic mass is 9.54. The Hall–Kier alpha value is -0.0400. The predicted octanol–water partition coefficient (Wildman–Crippen LogP) is 3.98. The highest BCUT2D eigenvalue weighted by Crippen LogP contribution is 2.54. The minimum atomic E-state index is 0.735. The molecule has 1 N–H and O–H groups in total. The fourth-order valence-corrected chi connectivity index (χ4v) is 5.32. The monoisotopic (exact) mass is 235 g/mol. The van der Waals surface area contributed by atoms with E-state index >= 15 is 0 Å². The first-order chi connectivity index (χ1) is 8.33. The average Bonchev–Trinajstić information content (AvgIpc) is 2.87. The highest BCUT2D eigenvalue weighted by atomic mass is 14.9. The van der Waals surface area contributed by atoms with Crippen molar-refractivity contribution in [3.8, 4) is 0 Å². The van der Waals surface area contributed by atoms with Crippen LogP contribution in [0.5, 0.6) is 0 Å². The fourth-order valence-electron chi connectivity index (χ4n) is 5.32. The molecule has 3 rings (SSSR count). The summed E-state index contributed by atoms with van der Waals surface area (Å²) in [6.07, 6.45) is 13.6. The number of hydrogen-bond donors (Lipinski definition) is 1. The molecule has 17 heavy (non-hydrogen) atoms. The molecule has 0 aromatic rings. The van der Waals surface area contributed by atoms with Crippen molar-refractivity contribution in [3.63, 3.8) is 0 Å². The summed E-state index contributed by atoms with van der Waals surface area (Å²) in [5.74, 6) is 3.06. The van der Waals surface area contributed by atoms with Crippen molar-refractivity contribution >= 4 is 0 Å². The van der Waals surface area contributed by atoms with E-state index in [0.717, 1.165) is 23.2 Å². The quantitative estimate of drug-likeness (QED) is 0.725. The van der Waals surface area contributed by atoms with E-state index < -0.39 is 0 Å². The molecule has 98 valence electrons. The van der Waals surface area contributed by atoms with Crippen LogP contribution in [0.1, 0.15) is 64.7 Å². The summed E-state index contributed by atoms with van der Waals surface area (Å²) in [5.41, 5.74) is 0.735. The van der Waals surface area contributed by atoms with Crippen LogP contribution >= 0.6 is 0 Å². The van der Waals surface area contributed by atoms with Gasteiger partial charge >= 0.3 is 0 Å². The van der Waals surface area contributed by atoms with Gasteiger partial charge in [0.1, 0.15) is 0 Å². The molecule has 3 atom stereocenters. The third-order valence-corrected chi connectivity index (χ3v) is 6.35. The van der Waals surface area contributed by atoms with E-state index in [-0.39, 0.29) is 0 Å². The van der Waals surface area contributed by atoms with E-state index in [4.69, 9.17) is 0 Å². The molecule has 0 aromatic carbocycles. The van der Waals surface area contributed by atoms with Crippen LogP contribution < -0.4 is 5.32 Å². The summed E-state index contributed by atoms with van der Waals surface area (Å²) in [4.78, 5) is 0. The second kappa shape index (κ2) is 4.91. The van der Waals surface area contributed by atoms with Crippen molar-refractivity contribution in [1.29, 1.82) is 0 Å². The van der Waals surface area contributed by atoms with Gasteiger partial charge in [0.15, 0.2) is 0 Å². The molecule has 1 saturated heterocycles. The molecule has 1 aliphatic heterocycles. The Labute approximate surface area is 107 Å². The SMILES string of the molecule is CC1CCCCC12CCNCC2C1CCCC1. The maximum absolute atomic E-state index is 3.70. The van der Waals surface area contributed by atoms with Gasteiger partial charge in [-0.3, -0.25) is 0 Å². The molecule has 0 aromatic heterocycles. The topological polar surface area (TPSA) is 12.0 Å². The van der Waals surface area contributed by atoms with Crippen molar-refractivity contribution in [3.05, 3.63) is 0 Å². The zero-order valence-corrected chi connectivity index (χ0v) is 11.5. The molecule has 0 amide bonds. The zero-order chi connectivity index (χ0) is 11.7. The van der Waals surface area contributed by atoms with Crippen molar-refractivity contribution < 1.29 is 0 Å². The molecule has 3 fully saturated rings. The Morgan fingerprint density at radius 3 is 2.47 bits per heavy atom. The van der Waals surface area contributed by atoms with Gasteiger partial charge in [-0.2, -0.15) is 0 Å². The van der Waals surface area contributed by atoms with E-state index in [1.807, 2.05) is 0 Å². The van der Waals surface area contributed by atoms with Crippen LogP contribution in [0.25, 0.3) is 0 Å². The van der Waals surface area contributed by atoms with Gasteiger partial charge in [0.05, 0.1) is 0 Å². The first-order valence-electron chi connectivity index (χ1n) is 8.04. The second-order valence-electron chi connectivity index (χ2n) is 6.99. The van der Waals surface area contributed by atoms with E-state index in [1.165, 1.54) is 70.9 Å². The lowest BCUT2D eigenvalue weighted by molar-refractivity contribution is -0.0232. The van der Waals surface area contributed by atoms with Gasteiger partial charge in [-0.1, -0.05) is 51.9 Å². The maximum Gasteiger partial charge on any atom is -0.00124 e. The van der Waals surface area contributed by atoms with Crippen LogP contribution in [0.15, 0.2) is 0 Å². The smallest absolute Gasteiger partial charge is 0.00124 e. The van der Waals surface area contributed by atoms with Crippen molar-refractivity contribution in [2.45, 2.75) is 64.7 Å². The van der Waals surface area contributed by atoms with Crippen LogP contribution in [0.3, 0.4) is 0 Å². The lowest BCUT2D eigenvalue weighted by Gasteiger charge is -2.53. The van der Waals surface area contributed by atoms with Crippen LogP contribution in [-0.4, -0.2) is 13.1 Å². The summed E-state index contributed by atoms with van der Waals surface area (Å²) < 4.78 is 0. The predicted molar refractivity (Wildman–Crippen MR) is 73.0 cm³/mol. The number of piperidine rings is 1. The minimum absolute atomic E-state index is 0.735. The molecule has 1 spiro atoms. The molecule has 2 saturated carbocycles. The second-order valence-corrected chi connectivity index (χ2v) is 6.99. The Morgan fingerprint density at radius 2 is 1.71 bits per heavy atom. The Balaban J connectivity index is 1.82. The highest BCUT2D eigenvalue weighted by molar-refractivity contribution is 4.99. The number of rotatable bonds is 1. The van der Waals surface area contributed by atoms with Crippen molar-refractivity contribution in [1.82, 2.24) is 5.32 Å². The van der Waals surface area contributed by atoms with Crippen LogP contribution in [0, 0.1) is 23.2 Å². The van der Waals surface area contributed by atoms with Gasteiger partial charge in [-0.15, -0.1) is 0 Å². The van der Waals surface area contributed by atoms with E-state index in [2.05, 4.69) is 12.2 Å². The summed E-state index contributed by atoms with van der Waals surface area (Å²) >= 11 is 0. The standard InChI is InChI=1S/C16H29N/c1-13-6-4-5-9-16(13)10-11-17-12-15(16)14-7-2-3-8-14/h13-15,17H,2-12H2,1H3. The fraction of sp³-hybridized carbons (Fsp3) is 1.00. The van der Waals surface area contributed by atoms with Crippen LogP contribution in [0.4, 0.5) is 0 Å². The maximum atomic E-state index is 3.70. The van der Waals surface area contributed by atoms with Gasteiger partial charge in [0.2, 0.25) is 0 Å². The first-order valence-corrected chi connectivity index (χ1v) is 8.04. The summed E-state index contributed by atoms with van der Waals surface area (Å²) in [6, 6.07) is 0. The molecule has 2 aliphatic carbocycles. The average molecular weight is 235 g/mol. The van der Waals surface area contributed by atoms with Crippen molar-refractivity contribution in [2.24, 2.45) is 23.2 Å². The third kappa shape index (κ3) is 2.05. The zero-order valence-electron chi connectivity index (χ0n) is 11.5. The first kappa shape index (κ1) is 12.0. The van der Waals surface area contributed by atoms with Crippen molar-refractivity contribution in [2.75, 3.05) is 13.1 Å². The van der Waals surface area contributed by atoms with Gasteiger partial charge in [-0.25, -0.2) is 0 Å². The Morgan fingerprint density at radius 1 is 0.941 bits per heavy atom. The van der Waals surface area contributed by atoms with E-state index in [0.29, 0.717) is 0 Å². The van der Waals surface area contributed by atoms with Crippen LogP contribution in [-0.2, 0) is 0 Å². The third-order valence-electron chi connectivity index (χ3n) is 6.35. The molecule has 3 aliphatic rings. The minimum Gasteiger partial charge on any atom is -0.316 e. The highest BCUT2D eigenvalue weighted by Gasteiger charge is 2.48. The Kier molecular flexibility index (Phi) is 3.47. The van der Waals surface area contributed by atoms with Gasteiger partial charge in [0, 0.05) is 0 Å². The van der Waals surface area contributed by atoms with Gasteiger partial charge in [0.25, 0.3) is 0 Å².